The second-order valence-corrected chi connectivity index (χ2v) is 5.79. The van der Waals surface area contributed by atoms with E-state index in [0.29, 0.717) is 6.54 Å². The summed E-state index contributed by atoms with van der Waals surface area (Å²) >= 11 is 0. The highest BCUT2D eigenvalue weighted by molar-refractivity contribution is 5.77. The summed E-state index contributed by atoms with van der Waals surface area (Å²) in [7, 11) is 1.96. The van der Waals surface area contributed by atoms with Crippen molar-refractivity contribution in [2.75, 3.05) is 20.1 Å². The van der Waals surface area contributed by atoms with Crippen molar-refractivity contribution in [2.24, 2.45) is 0 Å². The predicted octanol–water partition coefficient (Wildman–Crippen LogP) is 2.93. The fraction of sp³-hybridized carbons (Fsp3) is 0.562. The topological polar surface area (TPSA) is 32.3 Å². The number of likely N-dealkylation sites (N-methyl/N-ethyl adjacent to an activating group) is 1. The molecule has 2 rings (SSSR count). The maximum Gasteiger partial charge on any atom is 0.396 e. The van der Waals surface area contributed by atoms with Gasteiger partial charge in [0.25, 0.3) is 0 Å². The Hall–Kier alpha value is -1.56. The van der Waals surface area contributed by atoms with Crippen LogP contribution in [0.15, 0.2) is 30.3 Å². The zero-order valence-electron chi connectivity index (χ0n) is 12.6. The number of amides is 1. The summed E-state index contributed by atoms with van der Waals surface area (Å²) in [4.78, 5) is 14.0. The molecular weight excluding hydrogens is 293 g/mol. The van der Waals surface area contributed by atoms with Crippen LogP contribution < -0.4 is 5.32 Å². The highest BCUT2D eigenvalue weighted by Gasteiger charge is 2.41. The standard InChI is InChI=1S/C16H21F3N2O/c1-21-9-5-8-13(21)11-20-15(22)10-14(16(17,18)19)12-6-3-2-4-7-12/h2-4,6-7,13-14H,5,8-11H2,1H3,(H,20,22)/t13-,14-/m0/s1. The number of nitrogens with zero attached hydrogens (tertiary/aromatic N) is 1. The molecule has 0 bridgehead atoms. The van der Waals surface area contributed by atoms with Crippen molar-refractivity contribution in [3.63, 3.8) is 0 Å². The zero-order chi connectivity index (χ0) is 16.2. The molecule has 1 aliphatic rings. The summed E-state index contributed by atoms with van der Waals surface area (Å²) in [5.74, 6) is -2.30. The van der Waals surface area contributed by atoms with Crippen LogP contribution in [0.3, 0.4) is 0 Å². The highest BCUT2D eigenvalue weighted by atomic mass is 19.4. The molecule has 0 unspecified atom stereocenters. The molecular formula is C16H21F3N2O. The number of rotatable bonds is 5. The summed E-state index contributed by atoms with van der Waals surface area (Å²) < 4.78 is 39.5. The van der Waals surface area contributed by atoms with Gasteiger partial charge in [0.15, 0.2) is 0 Å². The monoisotopic (exact) mass is 314 g/mol. The van der Waals surface area contributed by atoms with Crippen molar-refractivity contribution in [3.8, 4) is 0 Å². The molecule has 1 saturated heterocycles. The van der Waals surface area contributed by atoms with Crippen LogP contribution in [0, 0.1) is 0 Å². The molecule has 0 aromatic heterocycles. The molecule has 22 heavy (non-hydrogen) atoms. The predicted molar refractivity (Wildman–Crippen MR) is 78.5 cm³/mol. The number of alkyl halides is 3. The van der Waals surface area contributed by atoms with Crippen LogP contribution in [0.4, 0.5) is 13.2 Å². The molecule has 0 spiro atoms. The SMILES string of the molecule is CN1CCC[C@H]1CNC(=O)C[C@@H](c1ccccc1)C(F)(F)F. The molecule has 3 nitrogen and oxygen atoms in total. The molecule has 122 valence electrons. The number of hydrogen-bond donors (Lipinski definition) is 1. The molecule has 2 atom stereocenters. The van der Waals surface area contributed by atoms with Gasteiger partial charge < -0.3 is 10.2 Å². The van der Waals surface area contributed by atoms with Crippen LogP contribution in [0.1, 0.15) is 30.7 Å². The number of carbonyl (C=O) groups is 1. The average Bonchev–Trinajstić information content (AvgIpc) is 2.87. The molecule has 0 aliphatic carbocycles. The Morgan fingerprint density at radius 1 is 1.36 bits per heavy atom. The van der Waals surface area contributed by atoms with Gasteiger partial charge in [0.1, 0.15) is 0 Å². The van der Waals surface area contributed by atoms with E-state index in [0.717, 1.165) is 19.4 Å². The number of hydrogen-bond acceptors (Lipinski definition) is 2. The lowest BCUT2D eigenvalue weighted by molar-refractivity contribution is -0.157. The molecule has 0 radical (unpaired) electrons. The van der Waals surface area contributed by atoms with Crippen LogP contribution >= 0.6 is 0 Å². The molecule has 0 saturated carbocycles. The van der Waals surface area contributed by atoms with Gasteiger partial charge in [0.2, 0.25) is 5.91 Å². The Bertz CT molecular complexity index is 490. The van der Waals surface area contributed by atoms with E-state index in [1.807, 2.05) is 7.05 Å². The number of carbonyl (C=O) groups excluding carboxylic acids is 1. The van der Waals surface area contributed by atoms with E-state index in [1.165, 1.54) is 12.1 Å². The third kappa shape index (κ3) is 4.47. The van der Waals surface area contributed by atoms with Gasteiger partial charge in [-0.1, -0.05) is 30.3 Å². The van der Waals surface area contributed by atoms with Crippen molar-refractivity contribution < 1.29 is 18.0 Å². The fourth-order valence-electron chi connectivity index (χ4n) is 2.83. The normalized spacial score (nSPS) is 20.8. The highest BCUT2D eigenvalue weighted by Crippen LogP contribution is 2.37. The summed E-state index contributed by atoms with van der Waals surface area (Å²) in [6.45, 7) is 1.38. The number of nitrogens with one attached hydrogen (secondary N) is 1. The van der Waals surface area contributed by atoms with E-state index in [4.69, 9.17) is 0 Å². The molecule has 1 N–H and O–H groups in total. The van der Waals surface area contributed by atoms with Crippen molar-refractivity contribution >= 4 is 5.91 Å². The molecule has 1 aliphatic heterocycles. The Labute approximate surface area is 128 Å². The minimum absolute atomic E-state index is 0.128. The van der Waals surface area contributed by atoms with Crippen LogP contribution in [0.2, 0.25) is 0 Å². The van der Waals surface area contributed by atoms with E-state index < -0.39 is 24.4 Å². The van der Waals surface area contributed by atoms with Gasteiger partial charge in [-0.3, -0.25) is 4.79 Å². The lowest BCUT2D eigenvalue weighted by Gasteiger charge is -2.22. The first-order valence-corrected chi connectivity index (χ1v) is 7.46. The van der Waals surface area contributed by atoms with Crippen molar-refractivity contribution in [1.29, 1.82) is 0 Å². The largest absolute Gasteiger partial charge is 0.396 e. The average molecular weight is 314 g/mol. The van der Waals surface area contributed by atoms with E-state index in [1.54, 1.807) is 18.2 Å². The Kier molecular flexibility index (Phi) is 5.45. The van der Waals surface area contributed by atoms with Crippen LogP contribution in [0.5, 0.6) is 0 Å². The lowest BCUT2D eigenvalue weighted by Crippen LogP contribution is -2.39. The van der Waals surface area contributed by atoms with E-state index in [2.05, 4.69) is 10.2 Å². The van der Waals surface area contributed by atoms with Crippen molar-refractivity contribution in [3.05, 3.63) is 35.9 Å². The number of halogens is 3. The minimum Gasteiger partial charge on any atom is -0.355 e. The summed E-state index contributed by atoms with van der Waals surface area (Å²) in [5, 5.41) is 2.65. The summed E-state index contributed by atoms with van der Waals surface area (Å²) in [6, 6.07) is 7.82. The Balaban J connectivity index is 1.94. The molecule has 1 fully saturated rings. The maximum absolute atomic E-state index is 13.2. The quantitative estimate of drug-likeness (QED) is 0.906. The van der Waals surface area contributed by atoms with Gasteiger partial charge in [-0.25, -0.2) is 0 Å². The van der Waals surface area contributed by atoms with Crippen LogP contribution in [-0.4, -0.2) is 43.2 Å². The fourth-order valence-corrected chi connectivity index (χ4v) is 2.83. The summed E-state index contributed by atoms with van der Waals surface area (Å²) in [5.41, 5.74) is 0.128. The smallest absolute Gasteiger partial charge is 0.355 e. The van der Waals surface area contributed by atoms with E-state index >= 15 is 0 Å². The number of benzene rings is 1. The first-order valence-electron chi connectivity index (χ1n) is 7.46. The van der Waals surface area contributed by atoms with E-state index in [9.17, 15) is 18.0 Å². The molecule has 1 aromatic rings. The van der Waals surface area contributed by atoms with Crippen molar-refractivity contribution in [2.45, 2.75) is 37.4 Å². The molecule has 1 amide bonds. The van der Waals surface area contributed by atoms with E-state index in [-0.39, 0.29) is 11.6 Å². The Morgan fingerprint density at radius 3 is 2.59 bits per heavy atom. The second-order valence-electron chi connectivity index (χ2n) is 5.79. The number of likely N-dealkylation sites (tertiary alicyclic amines) is 1. The molecule has 6 heteroatoms. The first-order chi connectivity index (χ1) is 10.4. The Morgan fingerprint density at radius 2 is 2.05 bits per heavy atom. The lowest BCUT2D eigenvalue weighted by atomic mass is 9.95. The van der Waals surface area contributed by atoms with Gasteiger partial charge in [-0.2, -0.15) is 13.2 Å². The minimum atomic E-state index is -4.43. The van der Waals surface area contributed by atoms with Gasteiger partial charge in [-0.15, -0.1) is 0 Å². The third-order valence-corrected chi connectivity index (χ3v) is 4.19. The molecule has 1 heterocycles. The first kappa shape index (κ1) is 16.8. The zero-order valence-corrected chi connectivity index (χ0v) is 12.6. The van der Waals surface area contributed by atoms with Gasteiger partial charge in [0, 0.05) is 19.0 Å². The van der Waals surface area contributed by atoms with Gasteiger partial charge >= 0.3 is 6.18 Å². The molecule has 1 aromatic carbocycles. The van der Waals surface area contributed by atoms with Gasteiger partial charge in [0.05, 0.1) is 5.92 Å². The van der Waals surface area contributed by atoms with Crippen LogP contribution in [0.25, 0.3) is 0 Å². The maximum atomic E-state index is 13.2. The summed E-state index contributed by atoms with van der Waals surface area (Å²) in [6.07, 6.45) is -2.96. The third-order valence-electron chi connectivity index (χ3n) is 4.19. The van der Waals surface area contributed by atoms with Crippen LogP contribution in [-0.2, 0) is 4.79 Å². The van der Waals surface area contributed by atoms with Gasteiger partial charge in [-0.05, 0) is 32.0 Å². The van der Waals surface area contributed by atoms with Crippen molar-refractivity contribution in [1.82, 2.24) is 10.2 Å². The second kappa shape index (κ2) is 7.13.